The average molecular weight is 557 g/mol. The van der Waals surface area contributed by atoms with Crippen molar-refractivity contribution >= 4 is 34.9 Å². The van der Waals surface area contributed by atoms with Crippen LogP contribution in [0.2, 0.25) is 10.3 Å². The number of aromatic nitrogens is 4. The maximum absolute atomic E-state index is 12.7. The van der Waals surface area contributed by atoms with Crippen molar-refractivity contribution in [2.24, 2.45) is 11.8 Å². The van der Waals surface area contributed by atoms with E-state index >= 15 is 0 Å². The summed E-state index contributed by atoms with van der Waals surface area (Å²) in [6.45, 7) is 5.12. The van der Waals surface area contributed by atoms with Crippen LogP contribution < -0.4 is 4.90 Å². The van der Waals surface area contributed by atoms with Gasteiger partial charge in [0.25, 0.3) is 5.91 Å². The molecular formula is C28H35Cl2N7O. The van der Waals surface area contributed by atoms with E-state index in [1.165, 1.54) is 17.7 Å². The van der Waals surface area contributed by atoms with Crippen LogP contribution in [0.1, 0.15) is 60.0 Å². The standard InChI is InChI=1S/C28H35Cl2N7O/c1-17-8-5-9-18-10-6-11-28(22(17)18)14-20-19(15-35(28)4)25(32-27(30)31-20)36-12-7-13-37-21(16-36)23(29)24(33-37)26(38)34(2)3/h5,8-9,17,22H,6-7,10-16H2,1-4H3/t17?,22?,28-/m0/s1. The Morgan fingerprint density at radius 3 is 2.76 bits per heavy atom. The molecule has 2 unspecified atom stereocenters. The normalized spacial score (nSPS) is 26.9. The average Bonchev–Trinajstić information content (AvgIpc) is 3.04. The van der Waals surface area contributed by atoms with Crippen molar-refractivity contribution in [2.45, 2.75) is 64.2 Å². The van der Waals surface area contributed by atoms with Gasteiger partial charge in [-0.25, -0.2) is 9.97 Å². The molecule has 6 rings (SSSR count). The third kappa shape index (κ3) is 4.07. The minimum absolute atomic E-state index is 0.0262. The van der Waals surface area contributed by atoms with E-state index in [4.69, 9.17) is 33.2 Å². The smallest absolute Gasteiger partial charge is 0.275 e. The molecule has 1 amide bonds. The quantitative estimate of drug-likeness (QED) is 0.498. The number of hydrogen-bond donors (Lipinski definition) is 0. The molecule has 0 N–H and O–H groups in total. The Morgan fingerprint density at radius 1 is 1.16 bits per heavy atom. The minimum atomic E-state index is -0.191. The number of anilines is 1. The van der Waals surface area contributed by atoms with Gasteiger partial charge in [0.2, 0.25) is 5.28 Å². The fourth-order valence-electron chi connectivity index (χ4n) is 7.25. The number of carbonyl (C=O) groups excluding carboxylic acids is 1. The molecule has 2 aromatic heterocycles. The minimum Gasteiger partial charge on any atom is -0.350 e. The van der Waals surface area contributed by atoms with Gasteiger partial charge in [-0.1, -0.05) is 42.3 Å². The summed E-state index contributed by atoms with van der Waals surface area (Å²) in [6.07, 6.45) is 12.2. The van der Waals surface area contributed by atoms with Crippen LogP contribution in [-0.4, -0.2) is 68.7 Å². The first-order valence-corrected chi connectivity index (χ1v) is 14.3. The second-order valence-electron chi connectivity index (χ2n) is 11.5. The Hall–Kier alpha value is -2.42. The molecule has 2 aliphatic carbocycles. The van der Waals surface area contributed by atoms with Crippen molar-refractivity contribution in [3.63, 3.8) is 0 Å². The summed E-state index contributed by atoms with van der Waals surface area (Å²) in [5.74, 6) is 1.65. The van der Waals surface area contributed by atoms with Crippen LogP contribution in [0.25, 0.3) is 0 Å². The number of halogens is 2. The Labute approximate surface area is 234 Å². The fraction of sp³-hybridized carbons (Fsp3) is 0.571. The molecule has 202 valence electrons. The number of rotatable bonds is 2. The number of carbonyl (C=O) groups is 1. The predicted octanol–water partition coefficient (Wildman–Crippen LogP) is 4.75. The molecule has 4 aliphatic rings. The zero-order valence-corrected chi connectivity index (χ0v) is 24.1. The van der Waals surface area contributed by atoms with Gasteiger partial charge in [0, 0.05) is 57.2 Å². The van der Waals surface area contributed by atoms with Crippen molar-refractivity contribution in [3.8, 4) is 0 Å². The van der Waals surface area contributed by atoms with Crippen LogP contribution in [0.4, 0.5) is 5.82 Å². The van der Waals surface area contributed by atoms with Crippen molar-refractivity contribution in [1.82, 2.24) is 29.5 Å². The highest BCUT2D eigenvalue weighted by Crippen LogP contribution is 2.51. The van der Waals surface area contributed by atoms with Gasteiger partial charge in [0.15, 0.2) is 5.69 Å². The highest BCUT2D eigenvalue weighted by Gasteiger charge is 2.51. The Morgan fingerprint density at radius 2 is 1.97 bits per heavy atom. The van der Waals surface area contributed by atoms with Crippen LogP contribution in [-0.2, 0) is 26.1 Å². The largest absolute Gasteiger partial charge is 0.350 e. The van der Waals surface area contributed by atoms with Crippen molar-refractivity contribution in [1.29, 1.82) is 0 Å². The van der Waals surface area contributed by atoms with Crippen LogP contribution >= 0.6 is 23.2 Å². The van der Waals surface area contributed by atoms with E-state index in [1.807, 2.05) is 4.68 Å². The lowest BCUT2D eigenvalue weighted by molar-refractivity contribution is 0.0106. The summed E-state index contributed by atoms with van der Waals surface area (Å²) < 4.78 is 1.88. The summed E-state index contributed by atoms with van der Waals surface area (Å²) in [5.41, 5.74) is 4.94. The van der Waals surface area contributed by atoms with E-state index in [0.717, 1.165) is 55.1 Å². The van der Waals surface area contributed by atoms with Gasteiger partial charge in [0.1, 0.15) is 5.82 Å². The van der Waals surface area contributed by atoms with Gasteiger partial charge in [0.05, 0.1) is 23.0 Å². The Kier molecular flexibility index (Phi) is 6.56. The molecule has 8 nitrogen and oxygen atoms in total. The summed E-state index contributed by atoms with van der Waals surface area (Å²) in [7, 11) is 5.69. The Balaban J connectivity index is 1.37. The van der Waals surface area contributed by atoms with E-state index in [9.17, 15) is 4.79 Å². The maximum Gasteiger partial charge on any atom is 0.275 e. The fourth-order valence-corrected chi connectivity index (χ4v) is 7.71. The van der Waals surface area contributed by atoms with Gasteiger partial charge in [-0.3, -0.25) is 14.4 Å². The number of amides is 1. The number of allylic oxidation sites excluding steroid dienone is 3. The molecule has 1 spiro atoms. The summed E-state index contributed by atoms with van der Waals surface area (Å²) in [4.78, 5) is 28.6. The van der Waals surface area contributed by atoms with E-state index in [0.29, 0.717) is 35.6 Å². The van der Waals surface area contributed by atoms with E-state index in [2.05, 4.69) is 47.1 Å². The molecule has 10 heteroatoms. The van der Waals surface area contributed by atoms with Crippen LogP contribution in [0.15, 0.2) is 23.8 Å². The molecule has 0 aromatic carbocycles. The SMILES string of the molecule is CC1C=CC=C2CCC[C@]3(Cc4nc(Cl)nc(N5CCCn6nc(C(=O)N(C)C)c(Cl)c6C5)c4CN3C)C21. The van der Waals surface area contributed by atoms with Gasteiger partial charge < -0.3 is 9.80 Å². The first-order chi connectivity index (χ1) is 18.2. The van der Waals surface area contributed by atoms with Crippen molar-refractivity contribution in [2.75, 3.05) is 32.6 Å². The van der Waals surface area contributed by atoms with Crippen LogP contribution in [0.5, 0.6) is 0 Å². The third-order valence-electron chi connectivity index (χ3n) is 9.02. The van der Waals surface area contributed by atoms with Gasteiger partial charge >= 0.3 is 0 Å². The first kappa shape index (κ1) is 25.8. The van der Waals surface area contributed by atoms with Gasteiger partial charge in [-0.05, 0) is 50.2 Å². The van der Waals surface area contributed by atoms with Crippen LogP contribution in [0.3, 0.4) is 0 Å². The highest BCUT2D eigenvalue weighted by atomic mass is 35.5. The van der Waals surface area contributed by atoms with Gasteiger partial charge in [-0.15, -0.1) is 0 Å². The molecule has 1 fully saturated rings. The molecule has 0 radical (unpaired) electrons. The molecule has 3 atom stereocenters. The van der Waals surface area contributed by atoms with Gasteiger partial charge in [-0.2, -0.15) is 5.10 Å². The van der Waals surface area contributed by atoms with E-state index < -0.39 is 0 Å². The molecule has 0 saturated heterocycles. The number of aryl methyl sites for hydroxylation is 1. The number of hydrogen-bond acceptors (Lipinski definition) is 6. The molecule has 4 heterocycles. The Bertz CT molecular complexity index is 1350. The maximum atomic E-state index is 12.7. The zero-order valence-electron chi connectivity index (χ0n) is 22.5. The lowest BCUT2D eigenvalue weighted by atomic mass is 9.60. The van der Waals surface area contributed by atoms with Crippen molar-refractivity contribution in [3.05, 3.63) is 56.8 Å². The molecule has 0 bridgehead atoms. The monoisotopic (exact) mass is 555 g/mol. The second kappa shape index (κ2) is 9.65. The number of likely N-dealkylation sites (N-methyl/N-ethyl adjacent to an activating group) is 1. The summed E-state index contributed by atoms with van der Waals surface area (Å²) in [5, 5.41) is 5.27. The molecule has 2 aliphatic heterocycles. The number of fused-ring (bicyclic) bond motifs is 4. The summed E-state index contributed by atoms with van der Waals surface area (Å²) in [6, 6.07) is 0. The highest BCUT2D eigenvalue weighted by molar-refractivity contribution is 6.34. The van der Waals surface area contributed by atoms with E-state index in [-0.39, 0.29) is 16.7 Å². The lowest BCUT2D eigenvalue weighted by Gasteiger charge is -2.55. The molecule has 38 heavy (non-hydrogen) atoms. The van der Waals surface area contributed by atoms with Crippen LogP contribution in [0, 0.1) is 11.8 Å². The number of nitrogens with zero attached hydrogens (tertiary/aromatic N) is 7. The lowest BCUT2D eigenvalue weighted by Crippen LogP contribution is -2.59. The first-order valence-electron chi connectivity index (χ1n) is 13.5. The molecule has 1 saturated carbocycles. The van der Waals surface area contributed by atoms with E-state index in [1.54, 1.807) is 19.7 Å². The zero-order chi connectivity index (χ0) is 26.8. The topological polar surface area (TPSA) is 70.4 Å². The summed E-state index contributed by atoms with van der Waals surface area (Å²) >= 11 is 13.3. The molecular weight excluding hydrogens is 521 g/mol. The molecule has 2 aromatic rings. The second-order valence-corrected chi connectivity index (χ2v) is 12.2. The van der Waals surface area contributed by atoms with Crippen molar-refractivity contribution < 1.29 is 4.79 Å². The predicted molar refractivity (Wildman–Crippen MR) is 150 cm³/mol. The third-order valence-corrected chi connectivity index (χ3v) is 9.58.